The first-order valence-electron chi connectivity index (χ1n) is 3.44. The van der Waals surface area contributed by atoms with Crippen LogP contribution in [0.15, 0.2) is 0 Å². The monoisotopic (exact) mass is 115 g/mol. The van der Waals surface area contributed by atoms with Gasteiger partial charge < -0.3 is 5.73 Å². The maximum absolute atomic E-state index is 5.62. The highest BCUT2D eigenvalue weighted by molar-refractivity contribution is 4.61. The maximum Gasteiger partial charge on any atom is 0.00361 e. The molecular weight excluding hydrogens is 98.1 g/mol. The van der Waals surface area contributed by atoms with Gasteiger partial charge in [0.05, 0.1) is 0 Å². The van der Waals surface area contributed by atoms with Crippen LogP contribution in [0.1, 0.15) is 33.6 Å². The first kappa shape index (κ1) is 7.96. The molecule has 0 heterocycles. The molecule has 0 rings (SSSR count). The number of hydrogen-bond donors (Lipinski definition) is 1. The van der Waals surface area contributed by atoms with Crippen LogP contribution in [0.2, 0.25) is 0 Å². The molecule has 0 amide bonds. The lowest BCUT2D eigenvalue weighted by atomic mass is 9.99. The van der Waals surface area contributed by atoms with Crippen LogP contribution in [0.3, 0.4) is 0 Å². The Morgan fingerprint density at radius 1 is 1.38 bits per heavy atom. The molecule has 2 N–H and O–H groups in total. The van der Waals surface area contributed by atoms with Gasteiger partial charge in [0.15, 0.2) is 0 Å². The summed E-state index contributed by atoms with van der Waals surface area (Å²) >= 11 is 0. The molecule has 0 fully saturated rings. The summed E-state index contributed by atoms with van der Waals surface area (Å²) in [5.74, 6) is 0.694. The molecule has 0 aliphatic rings. The Balaban J connectivity index is 3.17. The van der Waals surface area contributed by atoms with Crippen molar-refractivity contribution in [1.82, 2.24) is 0 Å². The van der Waals surface area contributed by atoms with Gasteiger partial charge in [0.2, 0.25) is 0 Å². The molecule has 0 aromatic rings. The van der Waals surface area contributed by atoms with Gasteiger partial charge in [-0.2, -0.15) is 0 Å². The van der Waals surface area contributed by atoms with Gasteiger partial charge in [-0.25, -0.2) is 0 Å². The smallest absolute Gasteiger partial charge is 0.00361 e. The fourth-order valence-electron chi connectivity index (χ4n) is 0.718. The molecule has 0 saturated heterocycles. The zero-order chi connectivity index (χ0) is 6.57. The van der Waals surface area contributed by atoms with Crippen molar-refractivity contribution in [2.45, 2.75) is 39.7 Å². The molecule has 0 aliphatic carbocycles. The Morgan fingerprint density at radius 2 is 1.88 bits per heavy atom. The Hall–Kier alpha value is -0.0400. The molecule has 2 atom stereocenters. The zero-order valence-corrected chi connectivity index (χ0v) is 6.15. The minimum absolute atomic E-state index is 0.370. The fourth-order valence-corrected chi connectivity index (χ4v) is 0.718. The predicted molar refractivity (Wildman–Crippen MR) is 37.7 cm³/mol. The quantitative estimate of drug-likeness (QED) is 0.596. The lowest BCUT2D eigenvalue weighted by molar-refractivity contribution is 0.446. The normalized spacial score (nSPS) is 18.0. The summed E-state index contributed by atoms with van der Waals surface area (Å²) in [7, 11) is 0. The molecule has 0 bridgehead atoms. The van der Waals surface area contributed by atoms with Crippen LogP contribution in [0.5, 0.6) is 0 Å². The molecule has 50 valence electrons. The third-order valence-corrected chi connectivity index (χ3v) is 1.64. The van der Waals surface area contributed by atoms with Gasteiger partial charge in [0.25, 0.3) is 0 Å². The molecule has 0 saturated carbocycles. The van der Waals surface area contributed by atoms with Gasteiger partial charge in [-0.05, 0) is 19.3 Å². The highest BCUT2D eigenvalue weighted by Crippen LogP contribution is 2.06. The van der Waals surface area contributed by atoms with E-state index in [9.17, 15) is 0 Å². The Labute approximate surface area is 52.3 Å². The summed E-state index contributed by atoms with van der Waals surface area (Å²) in [6, 6.07) is 0.370. The summed E-state index contributed by atoms with van der Waals surface area (Å²) in [5, 5.41) is 0. The van der Waals surface area contributed by atoms with Crippen LogP contribution in [-0.2, 0) is 0 Å². The van der Waals surface area contributed by atoms with Crippen LogP contribution in [0.4, 0.5) is 0 Å². The van der Waals surface area contributed by atoms with Gasteiger partial charge in [0, 0.05) is 6.04 Å². The van der Waals surface area contributed by atoms with Gasteiger partial charge in [-0.1, -0.05) is 20.3 Å². The van der Waals surface area contributed by atoms with E-state index in [1.54, 1.807) is 0 Å². The van der Waals surface area contributed by atoms with Crippen LogP contribution in [0, 0.1) is 5.92 Å². The van der Waals surface area contributed by atoms with Crippen molar-refractivity contribution < 1.29 is 0 Å². The summed E-state index contributed by atoms with van der Waals surface area (Å²) in [6.07, 6.45) is 2.51. The SMILES string of the molecule is CCCC(C)C(C)N. The molecule has 0 radical (unpaired) electrons. The topological polar surface area (TPSA) is 26.0 Å². The third kappa shape index (κ3) is 3.03. The molecule has 0 spiro atoms. The molecular formula is C7H17N. The number of rotatable bonds is 3. The minimum Gasteiger partial charge on any atom is -0.328 e. The molecule has 1 heteroatoms. The van der Waals surface area contributed by atoms with Gasteiger partial charge in [-0.3, -0.25) is 0 Å². The van der Waals surface area contributed by atoms with Gasteiger partial charge in [-0.15, -0.1) is 0 Å². The second-order valence-electron chi connectivity index (χ2n) is 2.63. The average molecular weight is 115 g/mol. The van der Waals surface area contributed by atoms with Crippen LogP contribution >= 0.6 is 0 Å². The third-order valence-electron chi connectivity index (χ3n) is 1.64. The predicted octanol–water partition coefficient (Wildman–Crippen LogP) is 1.77. The van der Waals surface area contributed by atoms with Crippen molar-refractivity contribution in [2.24, 2.45) is 11.7 Å². The zero-order valence-electron chi connectivity index (χ0n) is 6.15. The van der Waals surface area contributed by atoms with Gasteiger partial charge in [0.1, 0.15) is 0 Å². The number of nitrogens with two attached hydrogens (primary N) is 1. The van der Waals surface area contributed by atoms with Crippen molar-refractivity contribution >= 4 is 0 Å². The van der Waals surface area contributed by atoms with Crippen molar-refractivity contribution in [3.8, 4) is 0 Å². The fraction of sp³-hybridized carbons (Fsp3) is 1.00. The van der Waals surface area contributed by atoms with Crippen molar-refractivity contribution in [1.29, 1.82) is 0 Å². The lowest BCUT2D eigenvalue weighted by Gasteiger charge is -2.12. The van der Waals surface area contributed by atoms with Crippen LogP contribution in [0.25, 0.3) is 0 Å². The van der Waals surface area contributed by atoms with Crippen molar-refractivity contribution in [2.75, 3.05) is 0 Å². The summed E-state index contributed by atoms with van der Waals surface area (Å²) in [6.45, 7) is 6.47. The average Bonchev–Trinajstić information content (AvgIpc) is 1.67. The molecule has 0 aliphatic heterocycles. The first-order valence-corrected chi connectivity index (χ1v) is 3.44. The second kappa shape index (κ2) is 3.90. The molecule has 0 aromatic heterocycles. The second-order valence-corrected chi connectivity index (χ2v) is 2.63. The van der Waals surface area contributed by atoms with E-state index in [0.29, 0.717) is 12.0 Å². The Morgan fingerprint density at radius 3 is 2.00 bits per heavy atom. The van der Waals surface area contributed by atoms with E-state index in [1.807, 2.05) is 0 Å². The van der Waals surface area contributed by atoms with Crippen LogP contribution < -0.4 is 5.73 Å². The van der Waals surface area contributed by atoms with E-state index in [2.05, 4.69) is 20.8 Å². The van der Waals surface area contributed by atoms with E-state index in [0.717, 1.165) is 0 Å². The summed E-state index contributed by atoms with van der Waals surface area (Å²) < 4.78 is 0. The molecule has 8 heavy (non-hydrogen) atoms. The standard InChI is InChI=1S/C7H17N/c1-4-5-6(2)7(3)8/h6-7H,4-5,8H2,1-3H3. The molecule has 2 unspecified atom stereocenters. The lowest BCUT2D eigenvalue weighted by Crippen LogP contribution is -2.23. The highest BCUT2D eigenvalue weighted by atomic mass is 14.6. The summed E-state index contributed by atoms with van der Waals surface area (Å²) in [4.78, 5) is 0. The van der Waals surface area contributed by atoms with Crippen LogP contribution in [-0.4, -0.2) is 6.04 Å². The largest absolute Gasteiger partial charge is 0.328 e. The number of hydrogen-bond acceptors (Lipinski definition) is 1. The van der Waals surface area contributed by atoms with E-state index in [-0.39, 0.29) is 0 Å². The first-order chi connectivity index (χ1) is 3.68. The molecule has 0 aromatic carbocycles. The molecule has 1 nitrogen and oxygen atoms in total. The maximum atomic E-state index is 5.62. The van der Waals surface area contributed by atoms with E-state index >= 15 is 0 Å². The minimum atomic E-state index is 0.370. The summed E-state index contributed by atoms with van der Waals surface area (Å²) in [5.41, 5.74) is 5.62. The Kier molecular flexibility index (Phi) is 3.88. The van der Waals surface area contributed by atoms with Crippen molar-refractivity contribution in [3.63, 3.8) is 0 Å². The Bertz CT molecular complexity index is 50.3. The van der Waals surface area contributed by atoms with Crippen molar-refractivity contribution in [3.05, 3.63) is 0 Å². The van der Waals surface area contributed by atoms with E-state index in [4.69, 9.17) is 5.73 Å². The van der Waals surface area contributed by atoms with E-state index < -0.39 is 0 Å². The van der Waals surface area contributed by atoms with Gasteiger partial charge >= 0.3 is 0 Å². The van der Waals surface area contributed by atoms with E-state index in [1.165, 1.54) is 12.8 Å². The highest BCUT2D eigenvalue weighted by Gasteiger charge is 2.03.